The molecule has 1 unspecified atom stereocenters. The Morgan fingerprint density at radius 3 is 2.45 bits per heavy atom. The Labute approximate surface area is 120 Å². The van der Waals surface area contributed by atoms with Gasteiger partial charge in [0.15, 0.2) is 0 Å². The highest BCUT2D eigenvalue weighted by atomic mass is 16.4. The molecule has 0 saturated heterocycles. The van der Waals surface area contributed by atoms with Crippen molar-refractivity contribution in [1.29, 1.82) is 0 Å². The van der Waals surface area contributed by atoms with E-state index >= 15 is 0 Å². The Bertz CT molecular complexity index is 417. The fourth-order valence-corrected chi connectivity index (χ4v) is 2.25. The first-order valence-corrected chi connectivity index (χ1v) is 7.18. The van der Waals surface area contributed by atoms with Gasteiger partial charge in [0, 0.05) is 18.5 Å². The molecule has 0 fully saturated rings. The molecule has 0 heterocycles. The molecule has 0 aliphatic rings. The van der Waals surface area contributed by atoms with Crippen LogP contribution in [0.2, 0.25) is 0 Å². The van der Waals surface area contributed by atoms with Crippen LogP contribution in [0.3, 0.4) is 0 Å². The number of carbonyl (C=O) groups excluding carboxylic acids is 1. The summed E-state index contributed by atoms with van der Waals surface area (Å²) in [5, 5.41) is 11.6. The van der Waals surface area contributed by atoms with Crippen LogP contribution < -0.4 is 5.32 Å². The quantitative estimate of drug-likeness (QED) is 0.729. The predicted molar refractivity (Wildman–Crippen MR) is 78.7 cm³/mol. The standard InChI is InChI=1S/C16H23NO3/c1-2-6-13(9-10-15(18)19)11-12-17-16(20)14-7-4-3-5-8-14/h3-5,7-8,13H,2,6,9-12H2,1H3,(H,17,20)(H,18,19). The lowest BCUT2D eigenvalue weighted by atomic mass is 9.94. The van der Waals surface area contributed by atoms with Gasteiger partial charge in [-0.25, -0.2) is 0 Å². The third-order valence-electron chi connectivity index (χ3n) is 3.34. The zero-order valence-electron chi connectivity index (χ0n) is 12.0. The summed E-state index contributed by atoms with van der Waals surface area (Å²) in [4.78, 5) is 22.5. The van der Waals surface area contributed by atoms with Crippen LogP contribution in [0.4, 0.5) is 0 Å². The summed E-state index contributed by atoms with van der Waals surface area (Å²) >= 11 is 0. The van der Waals surface area contributed by atoms with E-state index in [1.165, 1.54) is 0 Å². The van der Waals surface area contributed by atoms with Gasteiger partial charge < -0.3 is 10.4 Å². The number of benzene rings is 1. The minimum absolute atomic E-state index is 0.0703. The summed E-state index contributed by atoms with van der Waals surface area (Å²) in [6.45, 7) is 2.69. The average molecular weight is 277 g/mol. The molecule has 0 aliphatic heterocycles. The van der Waals surface area contributed by atoms with E-state index in [0.29, 0.717) is 24.4 Å². The Morgan fingerprint density at radius 2 is 1.85 bits per heavy atom. The number of nitrogens with one attached hydrogen (secondary N) is 1. The fourth-order valence-electron chi connectivity index (χ4n) is 2.25. The van der Waals surface area contributed by atoms with Gasteiger partial charge >= 0.3 is 5.97 Å². The highest BCUT2D eigenvalue weighted by Gasteiger charge is 2.11. The van der Waals surface area contributed by atoms with Crippen molar-refractivity contribution in [2.24, 2.45) is 5.92 Å². The first kappa shape index (κ1) is 16.2. The maximum atomic E-state index is 11.8. The molecular weight excluding hydrogens is 254 g/mol. The van der Waals surface area contributed by atoms with Crippen molar-refractivity contribution < 1.29 is 14.7 Å². The lowest BCUT2D eigenvalue weighted by molar-refractivity contribution is -0.137. The van der Waals surface area contributed by atoms with Gasteiger partial charge in [-0.2, -0.15) is 0 Å². The summed E-state index contributed by atoms with van der Waals surface area (Å²) in [5.41, 5.74) is 0.657. The van der Waals surface area contributed by atoms with E-state index in [4.69, 9.17) is 5.11 Å². The molecule has 1 aromatic carbocycles. The van der Waals surface area contributed by atoms with Crippen LogP contribution in [-0.4, -0.2) is 23.5 Å². The zero-order valence-corrected chi connectivity index (χ0v) is 12.0. The van der Waals surface area contributed by atoms with Gasteiger partial charge in [0.2, 0.25) is 0 Å². The molecule has 1 aromatic rings. The van der Waals surface area contributed by atoms with Crippen LogP contribution in [0.5, 0.6) is 0 Å². The second kappa shape index (κ2) is 9.13. The minimum atomic E-state index is -0.751. The molecule has 0 spiro atoms. The van der Waals surface area contributed by atoms with Gasteiger partial charge in [0.25, 0.3) is 5.91 Å². The SMILES string of the molecule is CCCC(CCNC(=O)c1ccccc1)CCC(=O)O. The van der Waals surface area contributed by atoms with Gasteiger partial charge in [-0.05, 0) is 30.9 Å². The van der Waals surface area contributed by atoms with Crippen molar-refractivity contribution in [1.82, 2.24) is 5.32 Å². The fraction of sp³-hybridized carbons (Fsp3) is 0.500. The summed E-state index contributed by atoms with van der Waals surface area (Å²) in [6, 6.07) is 9.11. The molecule has 0 saturated carbocycles. The third-order valence-corrected chi connectivity index (χ3v) is 3.34. The molecule has 0 aliphatic carbocycles. The van der Waals surface area contributed by atoms with Gasteiger partial charge in [-0.15, -0.1) is 0 Å². The van der Waals surface area contributed by atoms with Crippen molar-refractivity contribution in [2.75, 3.05) is 6.54 Å². The van der Waals surface area contributed by atoms with Crippen molar-refractivity contribution in [3.63, 3.8) is 0 Å². The van der Waals surface area contributed by atoms with Crippen molar-refractivity contribution in [3.8, 4) is 0 Å². The molecule has 4 heteroatoms. The van der Waals surface area contributed by atoms with Crippen molar-refractivity contribution in [3.05, 3.63) is 35.9 Å². The third kappa shape index (κ3) is 6.36. The van der Waals surface area contributed by atoms with E-state index in [9.17, 15) is 9.59 Å². The Kier molecular flexibility index (Phi) is 7.40. The monoisotopic (exact) mass is 277 g/mol. The molecule has 1 atom stereocenters. The summed E-state index contributed by atoms with van der Waals surface area (Å²) in [5.74, 6) is -0.453. The molecule has 0 bridgehead atoms. The van der Waals surface area contributed by atoms with E-state index in [0.717, 1.165) is 19.3 Å². The Morgan fingerprint density at radius 1 is 1.15 bits per heavy atom. The van der Waals surface area contributed by atoms with E-state index in [1.54, 1.807) is 12.1 Å². The number of carbonyl (C=O) groups is 2. The number of carboxylic acids is 1. The average Bonchev–Trinajstić information content (AvgIpc) is 2.45. The lowest BCUT2D eigenvalue weighted by Crippen LogP contribution is -2.26. The van der Waals surface area contributed by atoms with Crippen LogP contribution in [0.25, 0.3) is 0 Å². The van der Waals surface area contributed by atoms with E-state index in [-0.39, 0.29) is 12.3 Å². The molecule has 20 heavy (non-hydrogen) atoms. The molecule has 4 nitrogen and oxygen atoms in total. The predicted octanol–water partition coefficient (Wildman–Crippen LogP) is 3.09. The maximum Gasteiger partial charge on any atom is 0.303 e. The zero-order chi connectivity index (χ0) is 14.8. The molecular formula is C16H23NO3. The Balaban J connectivity index is 2.32. The topological polar surface area (TPSA) is 66.4 Å². The Hall–Kier alpha value is -1.84. The maximum absolute atomic E-state index is 11.8. The van der Waals surface area contributed by atoms with E-state index in [1.807, 2.05) is 18.2 Å². The van der Waals surface area contributed by atoms with Gasteiger partial charge in [-0.3, -0.25) is 9.59 Å². The lowest BCUT2D eigenvalue weighted by Gasteiger charge is -2.15. The number of hydrogen-bond donors (Lipinski definition) is 2. The van der Waals surface area contributed by atoms with Crippen LogP contribution in [0, 0.1) is 5.92 Å². The van der Waals surface area contributed by atoms with Crippen LogP contribution >= 0.6 is 0 Å². The summed E-state index contributed by atoms with van der Waals surface area (Å²) in [6.07, 6.45) is 3.77. The van der Waals surface area contributed by atoms with E-state index in [2.05, 4.69) is 12.2 Å². The normalized spacial score (nSPS) is 11.8. The highest BCUT2D eigenvalue weighted by molar-refractivity contribution is 5.94. The smallest absolute Gasteiger partial charge is 0.303 e. The summed E-state index contributed by atoms with van der Waals surface area (Å²) in [7, 11) is 0. The van der Waals surface area contributed by atoms with Crippen LogP contribution in [0.1, 0.15) is 49.4 Å². The second-order valence-electron chi connectivity index (χ2n) is 5.00. The largest absolute Gasteiger partial charge is 0.481 e. The number of rotatable bonds is 9. The molecule has 110 valence electrons. The highest BCUT2D eigenvalue weighted by Crippen LogP contribution is 2.17. The second-order valence-corrected chi connectivity index (χ2v) is 5.00. The van der Waals surface area contributed by atoms with Crippen molar-refractivity contribution in [2.45, 2.75) is 39.0 Å². The minimum Gasteiger partial charge on any atom is -0.481 e. The number of hydrogen-bond acceptors (Lipinski definition) is 2. The van der Waals surface area contributed by atoms with Crippen LogP contribution in [0.15, 0.2) is 30.3 Å². The number of amides is 1. The van der Waals surface area contributed by atoms with Crippen LogP contribution in [-0.2, 0) is 4.79 Å². The molecule has 1 rings (SSSR count). The molecule has 2 N–H and O–H groups in total. The number of carboxylic acid groups (broad SMARTS) is 1. The van der Waals surface area contributed by atoms with Gasteiger partial charge in [0.05, 0.1) is 0 Å². The summed E-state index contributed by atoms with van der Waals surface area (Å²) < 4.78 is 0. The number of aliphatic carboxylic acids is 1. The van der Waals surface area contributed by atoms with Crippen molar-refractivity contribution >= 4 is 11.9 Å². The molecule has 0 radical (unpaired) electrons. The first-order chi connectivity index (χ1) is 9.63. The molecule has 1 amide bonds. The first-order valence-electron chi connectivity index (χ1n) is 7.18. The van der Waals surface area contributed by atoms with Gasteiger partial charge in [0.1, 0.15) is 0 Å². The van der Waals surface area contributed by atoms with Gasteiger partial charge in [-0.1, -0.05) is 38.0 Å². The molecule has 0 aromatic heterocycles. The van der Waals surface area contributed by atoms with E-state index < -0.39 is 5.97 Å².